The van der Waals surface area contributed by atoms with E-state index in [4.69, 9.17) is 13.5 Å². The molecule has 831 valence electrons. The van der Waals surface area contributed by atoms with Gasteiger partial charge >= 0.3 is 0 Å². The van der Waals surface area contributed by atoms with Crippen LogP contribution in [0.15, 0.2) is 91.8 Å². The molecule has 0 atom stereocenters. The van der Waals surface area contributed by atoms with Crippen molar-refractivity contribution in [2.75, 3.05) is 58.9 Å². The van der Waals surface area contributed by atoms with Gasteiger partial charge in [-0.25, -0.2) is 0 Å². The monoisotopic (exact) mass is 2750 g/mol. The number of nitrogens with one attached hydrogen (secondary N) is 2. The van der Waals surface area contributed by atoms with Crippen LogP contribution in [0.3, 0.4) is 0 Å². The van der Waals surface area contributed by atoms with Gasteiger partial charge in [0.05, 0.1) is 41.5 Å². The molecule has 0 fully saturated rings. The molecule has 32 heteroatoms. The normalized spacial score (nSPS) is 14.0. The number of nitrogens with zero attached hydrogens (tertiary/aromatic N) is 16. The largest absolute Gasteiger partial charge is 0.472 e. The van der Waals surface area contributed by atoms with E-state index >= 15 is 0 Å². The van der Waals surface area contributed by atoms with Gasteiger partial charge in [-0.1, -0.05) is 135 Å². The van der Waals surface area contributed by atoms with Crippen LogP contribution < -0.4 is 0 Å². The van der Waals surface area contributed by atoms with Gasteiger partial charge in [0.25, 0.3) is 0 Å². The molecule has 9 aromatic rings. The van der Waals surface area contributed by atoms with Gasteiger partial charge in [0.15, 0.2) is 0 Å². The Morgan fingerprint density at radius 3 is 1.05 bits per heavy atom. The predicted molar refractivity (Wildman–Crippen MR) is 609 cm³/mol. The van der Waals surface area contributed by atoms with Crippen LogP contribution in [-0.4, -0.2) is 202 Å². The SMILES string of the molecule is CC.CC.CC.CC.CC.CC.CC.CC.CC.CC(C)N1CCc2c[nH]cc2C1.CC(C)N1CCc2cn(C)cc2C1.CC(C)N1CCc2cn(C)nc2C1.CC(C)N1CCc2cn[nH]c2C1.CC(C)N1CCc2cocc2C1.CC(C)N1CCc2conc2C1.CC(C)N1CCc2cscc2C1.CC(C)N1CCc2csnc2C1.CC(C)N1CCc2nocc2C1.[CH3-].[CH3-].[CH3-].[CH3-].[CH3-].[CH3-].[CH3-].[CH3-].[CH3-].[Y].[Y].[Y].[Y].[Y].[Y].[Y].[Y].[Y]. The molecule has 0 saturated heterocycles. The first-order valence-corrected chi connectivity index (χ1v) is 52.3. The van der Waals surface area contributed by atoms with Crippen LogP contribution in [-0.2, 0) is 425 Å². The number of hydrogen-bond donors (Lipinski definition) is 2. The minimum absolute atomic E-state index is 0. The molecular formula is C114H219N18O3S2Y9-9. The summed E-state index contributed by atoms with van der Waals surface area (Å²) >= 11 is 3.43. The molecule has 0 unspecified atom stereocenters. The van der Waals surface area contributed by atoms with Crippen LogP contribution in [0, 0.1) is 66.8 Å². The van der Waals surface area contributed by atoms with Crippen LogP contribution in [0.1, 0.15) is 350 Å². The van der Waals surface area contributed by atoms with E-state index in [1.54, 1.807) is 40.7 Å². The molecule has 0 aliphatic carbocycles. The van der Waals surface area contributed by atoms with Crippen LogP contribution in [0.5, 0.6) is 0 Å². The van der Waals surface area contributed by atoms with Crippen LogP contribution in [0.25, 0.3) is 0 Å². The molecule has 0 bridgehead atoms. The van der Waals surface area contributed by atoms with E-state index in [1.165, 1.54) is 144 Å². The molecule has 0 spiro atoms. The summed E-state index contributed by atoms with van der Waals surface area (Å²) in [5.74, 6) is 0. The van der Waals surface area contributed by atoms with Crippen molar-refractivity contribution >= 4 is 22.9 Å². The van der Waals surface area contributed by atoms with Crippen molar-refractivity contribution in [3.63, 3.8) is 0 Å². The maximum Gasteiger partial charge on any atom is 0.128 e. The van der Waals surface area contributed by atoms with Gasteiger partial charge in [-0.15, -0.1) is 0 Å². The van der Waals surface area contributed by atoms with Crippen molar-refractivity contribution in [1.82, 2.24) is 88.3 Å². The van der Waals surface area contributed by atoms with Crippen LogP contribution in [0.4, 0.5) is 0 Å². The molecule has 146 heavy (non-hydrogen) atoms. The van der Waals surface area contributed by atoms with Gasteiger partial charge in [-0.3, -0.25) is 53.9 Å². The Bertz CT molecular complexity index is 3550. The fourth-order valence-electron chi connectivity index (χ4n) is 15.7. The first-order valence-electron chi connectivity index (χ1n) is 50.5. The molecule has 9 aromatic heterocycles. The van der Waals surface area contributed by atoms with Gasteiger partial charge in [0, 0.05) is 540 Å². The smallest absolute Gasteiger partial charge is 0.128 e. The second kappa shape index (κ2) is 113. The van der Waals surface area contributed by atoms with E-state index < -0.39 is 0 Å². The molecule has 2 N–H and O–H groups in total. The number of aromatic amines is 2. The van der Waals surface area contributed by atoms with Gasteiger partial charge in [-0.2, -0.15) is 25.9 Å². The Morgan fingerprint density at radius 1 is 0.274 bits per heavy atom. The van der Waals surface area contributed by atoms with Crippen molar-refractivity contribution in [2.24, 2.45) is 14.1 Å². The number of thiophene rings is 1. The van der Waals surface area contributed by atoms with Crippen LogP contribution >= 0.6 is 22.9 Å². The van der Waals surface area contributed by atoms with Crippen molar-refractivity contribution < 1.29 is 308 Å². The quantitative estimate of drug-likeness (QED) is 0.130. The average molecular weight is 2750 g/mol. The zero-order chi connectivity index (χ0) is 96.7. The molecule has 9 radical (unpaired) electrons. The zero-order valence-corrected chi connectivity index (χ0v) is 130. The third kappa shape index (κ3) is 68.9. The average Bonchev–Trinajstić information content (AvgIpc) is 1.68. The van der Waals surface area contributed by atoms with Crippen molar-refractivity contribution in [3.05, 3.63) is 246 Å². The maximum atomic E-state index is 5.17. The second-order valence-electron chi connectivity index (χ2n) is 34.2. The summed E-state index contributed by atoms with van der Waals surface area (Å²) in [7, 11) is 4.11. The number of H-pyrrole nitrogens is 2. The first-order chi connectivity index (χ1) is 61.7. The van der Waals surface area contributed by atoms with E-state index in [0.717, 1.165) is 115 Å². The van der Waals surface area contributed by atoms with E-state index in [0.29, 0.717) is 54.4 Å². The number of aromatic nitrogens is 9. The number of fused-ring (bicyclic) bond motifs is 9. The Hall–Kier alpha value is 3.59. The Kier molecular flexibility index (Phi) is 147. The second-order valence-corrected chi connectivity index (χ2v) is 35.5. The van der Waals surface area contributed by atoms with E-state index in [-0.39, 0.29) is 361 Å². The van der Waals surface area contributed by atoms with E-state index in [9.17, 15) is 0 Å². The summed E-state index contributed by atoms with van der Waals surface area (Å²) in [5, 5.41) is 26.3. The summed E-state index contributed by atoms with van der Waals surface area (Å²) in [6.07, 6.45) is 30.6. The van der Waals surface area contributed by atoms with Gasteiger partial charge in [0.1, 0.15) is 18.2 Å². The molecule has 18 heterocycles. The molecule has 0 amide bonds. The maximum absolute atomic E-state index is 5.17. The van der Waals surface area contributed by atoms with Gasteiger partial charge < -0.3 is 89.9 Å². The van der Waals surface area contributed by atoms with Crippen molar-refractivity contribution in [2.45, 2.75) is 420 Å². The number of rotatable bonds is 9. The summed E-state index contributed by atoms with van der Waals surface area (Å²) < 4.78 is 23.5. The molecule has 18 rings (SSSR count). The minimum Gasteiger partial charge on any atom is -0.472 e. The third-order valence-corrected chi connectivity index (χ3v) is 25.1. The molecular weight excluding hydrogens is 2530 g/mol. The summed E-state index contributed by atoms with van der Waals surface area (Å²) in [4.78, 5) is 25.5. The van der Waals surface area contributed by atoms with E-state index in [2.05, 4.69) is 262 Å². The summed E-state index contributed by atoms with van der Waals surface area (Å²) in [6.45, 7) is 96.6. The predicted octanol–water partition coefficient (Wildman–Crippen LogP) is 28.6. The number of hydrogen-bond acceptors (Lipinski definition) is 19. The summed E-state index contributed by atoms with van der Waals surface area (Å²) in [6, 6.07) is 5.84. The topological polar surface area (TPSA) is 174 Å². The third-order valence-electron chi connectivity index (χ3n) is 23.6. The summed E-state index contributed by atoms with van der Waals surface area (Å²) in [5.41, 5.74) is 24.9. The zero-order valence-electron chi connectivity index (χ0n) is 103. The molecule has 21 nitrogen and oxygen atoms in total. The number of aryl methyl sites for hydroxylation is 2. The molecule has 9 aliphatic rings. The first kappa shape index (κ1) is 191. The Labute approximate surface area is 1140 Å². The van der Waals surface area contributed by atoms with Gasteiger partial charge in [-0.05, 0) is 254 Å². The van der Waals surface area contributed by atoms with Crippen molar-refractivity contribution in [1.29, 1.82) is 0 Å². The molecule has 0 aromatic carbocycles. The fraction of sp³-hybridized carbons (Fsp3) is 0.649. The minimum atomic E-state index is 0. The van der Waals surface area contributed by atoms with E-state index in [1.807, 2.05) is 166 Å². The Balaban J connectivity index is -0.0000000762. The van der Waals surface area contributed by atoms with Gasteiger partial charge in [0.2, 0.25) is 0 Å². The standard InChI is InChI=1S/C11H18N2.C10H17N3.C10H16N2.C10H15NO.C10H15NS.C9H15N3.2C9H14N2O.C9H14N2S.9C2H6.9CH3.9Y/c1-9(2)13-5-4-10-6-12(3)7-11(10)8-13;1-8(2)13-5-4-9-6-12(3)11-10(9)7-13;1-8(2)12-4-3-9-5-11-6-10(9)7-12;2*1-8(2)11-4-3-9-6-12-7-10(9)5-11;1-7(2)12-4-3-8-5-10-11-9(8)6-12;1-7(2)11-4-3-9-8(5-11)6-12-10-9;2*1-7(2)11-4-3-8-6-12-10-9(8)5-11;9*1-2;;;;;;;;;;;;;;;;;;/h6-7,9H,4-5,8H2,1-3H3;6,8H,4-5,7H2,1-3H3;5-6,8,11H,3-4,7H2,1-2H3;2*6-8H,3-5H2,1-2H3;5,7H,3-4,6H2,1-2H3,(H,10,11);3*6-7H,3-5H2,1-2H3;9*1-2H3;9*1H3;;;;;;;;;/q;;;;;;;;;;;;;;;;;;9*-1;;;;;;;;;. The van der Waals surface area contributed by atoms with Crippen molar-refractivity contribution in [3.8, 4) is 0 Å². The molecule has 0 saturated carbocycles. The number of furan rings is 1. The molecule has 9 aliphatic heterocycles. The Morgan fingerprint density at radius 2 is 0.589 bits per heavy atom. The fourth-order valence-corrected chi connectivity index (χ4v) is 17.3. The van der Waals surface area contributed by atoms with Crippen LogP contribution in [0.2, 0.25) is 0 Å².